The predicted octanol–water partition coefficient (Wildman–Crippen LogP) is 6.18. The number of carbonyl (C=O) groups is 1. The Morgan fingerprint density at radius 3 is 2.47 bits per heavy atom. The average Bonchev–Trinajstić information content (AvgIpc) is 3.26. The minimum Gasteiger partial charge on any atom is -0.272 e. The van der Waals surface area contributed by atoms with Gasteiger partial charge in [-0.05, 0) is 38.1 Å². The quantitative estimate of drug-likeness (QED) is 0.183. The molecule has 0 radical (unpaired) electrons. The third-order valence-corrected chi connectivity index (χ3v) is 6.44. The van der Waals surface area contributed by atoms with Gasteiger partial charge in [0, 0.05) is 21.8 Å². The van der Waals surface area contributed by atoms with Crippen molar-refractivity contribution in [3.05, 3.63) is 94.0 Å². The molecule has 172 valence electrons. The molecular weight excluding hydrogens is 489 g/mol. The number of thioether (sulfide) groups is 1. The van der Waals surface area contributed by atoms with Gasteiger partial charge in [-0.15, -0.1) is 10.2 Å². The smallest absolute Gasteiger partial charge is 0.250 e. The van der Waals surface area contributed by atoms with Gasteiger partial charge in [0.2, 0.25) is 0 Å². The highest BCUT2D eigenvalue weighted by atomic mass is 35.5. The molecule has 1 N–H and O–H groups in total. The van der Waals surface area contributed by atoms with Crippen LogP contribution in [0.5, 0.6) is 0 Å². The Bertz CT molecular complexity index is 1340. The summed E-state index contributed by atoms with van der Waals surface area (Å²) in [5.74, 6) is 0.553. The van der Waals surface area contributed by atoms with Crippen LogP contribution in [-0.4, -0.2) is 32.1 Å². The molecule has 0 fully saturated rings. The van der Waals surface area contributed by atoms with E-state index >= 15 is 0 Å². The van der Waals surface area contributed by atoms with Gasteiger partial charge in [-0.3, -0.25) is 9.36 Å². The van der Waals surface area contributed by atoms with Gasteiger partial charge < -0.3 is 0 Å². The van der Waals surface area contributed by atoms with Crippen molar-refractivity contribution in [2.24, 2.45) is 5.10 Å². The number of hydrazone groups is 1. The van der Waals surface area contributed by atoms with Crippen molar-refractivity contribution in [1.82, 2.24) is 20.2 Å². The summed E-state index contributed by atoms with van der Waals surface area (Å²) in [6.45, 7) is 3.80. The van der Waals surface area contributed by atoms with Gasteiger partial charge in [-0.2, -0.15) is 5.10 Å². The molecule has 0 saturated heterocycles. The largest absolute Gasteiger partial charge is 0.272 e. The zero-order valence-corrected chi connectivity index (χ0v) is 20.8. The molecule has 4 rings (SSSR count). The summed E-state index contributed by atoms with van der Waals surface area (Å²) < 4.78 is 1.95. The van der Waals surface area contributed by atoms with Crippen molar-refractivity contribution < 1.29 is 4.79 Å². The Hall–Kier alpha value is -3.13. The molecule has 4 aromatic rings. The summed E-state index contributed by atoms with van der Waals surface area (Å²) in [6, 6.07) is 23.0. The minimum absolute atomic E-state index is 0.115. The molecule has 0 atom stereocenters. The topological polar surface area (TPSA) is 72.2 Å². The van der Waals surface area contributed by atoms with E-state index in [-0.39, 0.29) is 11.7 Å². The maximum atomic E-state index is 12.5. The normalized spacial score (nSPS) is 11.5. The molecule has 6 nitrogen and oxygen atoms in total. The zero-order valence-electron chi connectivity index (χ0n) is 18.5. The monoisotopic (exact) mass is 509 g/mol. The van der Waals surface area contributed by atoms with Gasteiger partial charge in [-0.25, -0.2) is 5.43 Å². The Morgan fingerprint density at radius 2 is 1.76 bits per heavy atom. The van der Waals surface area contributed by atoms with Crippen LogP contribution in [-0.2, 0) is 4.79 Å². The zero-order chi connectivity index (χ0) is 24.1. The summed E-state index contributed by atoms with van der Waals surface area (Å²) >= 11 is 13.5. The molecule has 1 aromatic heterocycles. The fourth-order valence-corrected chi connectivity index (χ4v) is 4.51. The van der Waals surface area contributed by atoms with Crippen molar-refractivity contribution >= 4 is 46.6 Å². The maximum absolute atomic E-state index is 12.5. The van der Waals surface area contributed by atoms with E-state index in [2.05, 4.69) is 20.7 Å². The van der Waals surface area contributed by atoms with Crippen molar-refractivity contribution in [3.8, 4) is 17.1 Å². The number of aryl methyl sites for hydroxylation is 1. The Kier molecular flexibility index (Phi) is 7.67. The highest BCUT2D eigenvalue weighted by molar-refractivity contribution is 7.99. The van der Waals surface area contributed by atoms with Crippen LogP contribution in [0, 0.1) is 6.92 Å². The lowest BCUT2D eigenvalue weighted by Crippen LogP contribution is -2.21. The summed E-state index contributed by atoms with van der Waals surface area (Å²) in [4.78, 5) is 12.5. The average molecular weight is 510 g/mol. The van der Waals surface area contributed by atoms with Crippen molar-refractivity contribution in [2.75, 3.05) is 5.75 Å². The number of nitrogens with one attached hydrogen (secondary N) is 1. The first-order chi connectivity index (χ1) is 16.4. The molecule has 1 heterocycles. The maximum Gasteiger partial charge on any atom is 0.250 e. The number of nitrogens with zero attached hydrogens (tertiary/aromatic N) is 4. The molecule has 0 aliphatic carbocycles. The molecule has 0 aliphatic rings. The van der Waals surface area contributed by atoms with Gasteiger partial charge >= 0.3 is 0 Å². The third-order valence-electron chi connectivity index (χ3n) is 4.96. The summed E-state index contributed by atoms with van der Waals surface area (Å²) in [6.07, 6.45) is 0. The highest BCUT2D eigenvalue weighted by Gasteiger charge is 2.17. The second-order valence-corrected chi connectivity index (χ2v) is 9.27. The van der Waals surface area contributed by atoms with E-state index in [1.807, 2.05) is 66.1 Å². The van der Waals surface area contributed by atoms with Gasteiger partial charge in [0.15, 0.2) is 11.0 Å². The van der Waals surface area contributed by atoms with Gasteiger partial charge in [0.1, 0.15) is 0 Å². The first kappa shape index (κ1) is 24.0. The minimum atomic E-state index is -0.269. The Balaban J connectivity index is 1.52. The highest BCUT2D eigenvalue weighted by Crippen LogP contribution is 2.28. The molecule has 0 bridgehead atoms. The number of halogens is 2. The van der Waals surface area contributed by atoms with Crippen molar-refractivity contribution in [1.29, 1.82) is 0 Å². The van der Waals surface area contributed by atoms with Crippen LogP contribution in [0.3, 0.4) is 0 Å². The van der Waals surface area contributed by atoms with Crippen LogP contribution < -0.4 is 5.43 Å². The van der Waals surface area contributed by atoms with Crippen LogP contribution in [0.1, 0.15) is 18.1 Å². The molecule has 3 aromatic carbocycles. The molecule has 0 unspecified atom stereocenters. The predicted molar refractivity (Wildman–Crippen MR) is 139 cm³/mol. The van der Waals surface area contributed by atoms with Crippen molar-refractivity contribution in [2.45, 2.75) is 19.0 Å². The van der Waals surface area contributed by atoms with E-state index in [1.54, 1.807) is 25.1 Å². The first-order valence-corrected chi connectivity index (χ1v) is 12.2. The second kappa shape index (κ2) is 10.9. The number of rotatable bonds is 7. The number of carbonyl (C=O) groups excluding carboxylic acids is 1. The number of hydrogen-bond donors (Lipinski definition) is 1. The van der Waals surface area contributed by atoms with Gasteiger partial charge in [-0.1, -0.05) is 89.1 Å². The lowest BCUT2D eigenvalue weighted by atomic mass is 10.1. The Labute approximate surface area is 212 Å². The van der Waals surface area contributed by atoms with Gasteiger partial charge in [0.25, 0.3) is 5.91 Å². The fourth-order valence-electron chi connectivity index (χ4n) is 3.22. The number of amides is 1. The molecule has 0 spiro atoms. The van der Waals surface area contributed by atoms with E-state index in [0.29, 0.717) is 32.3 Å². The van der Waals surface area contributed by atoms with E-state index in [0.717, 1.165) is 16.8 Å². The van der Waals surface area contributed by atoms with Crippen LogP contribution in [0.2, 0.25) is 10.0 Å². The number of hydrogen-bond acceptors (Lipinski definition) is 5. The molecular formula is C25H21Cl2N5OS. The summed E-state index contributed by atoms with van der Waals surface area (Å²) in [7, 11) is 0. The van der Waals surface area contributed by atoms with Crippen molar-refractivity contribution in [3.63, 3.8) is 0 Å². The lowest BCUT2D eigenvalue weighted by molar-refractivity contribution is -0.118. The van der Waals surface area contributed by atoms with Crippen LogP contribution in [0.4, 0.5) is 0 Å². The van der Waals surface area contributed by atoms with Gasteiger partial charge in [0.05, 0.1) is 16.5 Å². The Morgan fingerprint density at radius 1 is 1.03 bits per heavy atom. The second-order valence-electron chi connectivity index (χ2n) is 7.49. The number of aromatic nitrogens is 3. The van der Waals surface area contributed by atoms with E-state index in [4.69, 9.17) is 23.2 Å². The number of benzene rings is 3. The molecule has 1 amide bonds. The van der Waals surface area contributed by atoms with E-state index in [1.165, 1.54) is 11.8 Å². The van der Waals surface area contributed by atoms with E-state index < -0.39 is 0 Å². The summed E-state index contributed by atoms with van der Waals surface area (Å²) in [5.41, 5.74) is 6.87. The third kappa shape index (κ3) is 5.67. The molecule has 0 aliphatic heterocycles. The standard InChI is InChI=1S/C25H21Cl2N5OS/c1-16-8-11-20(12-9-16)32-24(18-6-4-3-5-7-18)30-31-25(32)34-15-23(33)29-28-17(2)21-13-10-19(26)14-22(21)27/h3-14H,15H2,1-2H3,(H,29,33)/b28-17+. The molecule has 0 saturated carbocycles. The molecule has 34 heavy (non-hydrogen) atoms. The first-order valence-electron chi connectivity index (χ1n) is 10.4. The lowest BCUT2D eigenvalue weighted by Gasteiger charge is -2.10. The van der Waals surface area contributed by atoms with Crippen LogP contribution >= 0.6 is 35.0 Å². The molecule has 9 heteroatoms. The van der Waals surface area contributed by atoms with Crippen LogP contribution in [0.25, 0.3) is 17.1 Å². The summed E-state index contributed by atoms with van der Waals surface area (Å²) in [5, 5.41) is 14.5. The fraction of sp³-hybridized carbons (Fsp3) is 0.120. The van der Waals surface area contributed by atoms with Crippen LogP contribution in [0.15, 0.2) is 83.1 Å². The van der Waals surface area contributed by atoms with E-state index in [9.17, 15) is 4.79 Å². The SMILES string of the molecule is C/C(=N\NC(=O)CSc1nnc(-c2ccccc2)n1-c1ccc(C)cc1)c1ccc(Cl)cc1Cl.